The van der Waals surface area contributed by atoms with Crippen LogP contribution < -0.4 is 4.74 Å². The van der Waals surface area contributed by atoms with Crippen molar-refractivity contribution in [2.45, 2.75) is 39.5 Å². The Morgan fingerprint density at radius 1 is 1.50 bits per heavy atom. The molecule has 0 spiro atoms. The maximum Gasteiger partial charge on any atom is 0.335 e. The average molecular weight is 251 g/mol. The number of carboxylic acid groups (broad SMARTS) is 1. The van der Waals surface area contributed by atoms with E-state index in [1.807, 2.05) is 0 Å². The monoisotopic (exact) mass is 251 g/mol. The molecule has 0 aliphatic carbocycles. The number of ether oxygens (including phenoxy) is 1. The highest BCUT2D eigenvalue weighted by molar-refractivity contribution is 5.87. The lowest BCUT2D eigenvalue weighted by atomic mass is 10.0. The van der Waals surface area contributed by atoms with Gasteiger partial charge in [0.1, 0.15) is 0 Å². The molecular weight excluding hydrogens is 230 g/mol. The Kier molecular flexibility index (Phi) is 6.19. The topological polar surface area (TPSA) is 59.4 Å². The van der Waals surface area contributed by atoms with E-state index in [1.54, 1.807) is 0 Å². The number of pyridine rings is 1. The van der Waals surface area contributed by atoms with Crippen LogP contribution in [0.15, 0.2) is 18.3 Å². The van der Waals surface area contributed by atoms with Crippen molar-refractivity contribution in [3.8, 4) is 5.88 Å². The van der Waals surface area contributed by atoms with Crippen LogP contribution >= 0.6 is 0 Å². The van der Waals surface area contributed by atoms with E-state index in [0.29, 0.717) is 18.4 Å². The van der Waals surface area contributed by atoms with Crippen molar-refractivity contribution in [1.29, 1.82) is 0 Å². The van der Waals surface area contributed by atoms with Gasteiger partial charge in [-0.3, -0.25) is 0 Å². The number of hydrogen-bond acceptors (Lipinski definition) is 3. The van der Waals surface area contributed by atoms with Crippen LogP contribution in [0.4, 0.5) is 0 Å². The zero-order valence-corrected chi connectivity index (χ0v) is 11.1. The molecule has 1 aromatic rings. The Bertz CT molecular complexity index is 379. The number of carboxylic acids is 1. The first-order valence-corrected chi connectivity index (χ1v) is 6.49. The molecule has 0 saturated heterocycles. The standard InChI is InChI=1S/C14H21NO3/c1-3-5-6-11(4-2)10-18-13-9-12(14(16)17)7-8-15-13/h7-9,11H,3-6,10H2,1-2H3,(H,16,17). The molecule has 0 saturated carbocycles. The molecule has 0 fully saturated rings. The van der Waals surface area contributed by atoms with Crippen LogP contribution in [-0.2, 0) is 0 Å². The van der Waals surface area contributed by atoms with E-state index in [0.717, 1.165) is 12.8 Å². The zero-order valence-electron chi connectivity index (χ0n) is 11.1. The molecule has 0 bridgehead atoms. The number of nitrogens with zero attached hydrogens (tertiary/aromatic N) is 1. The summed E-state index contributed by atoms with van der Waals surface area (Å²) in [6.07, 6.45) is 6.06. The average Bonchev–Trinajstić information content (AvgIpc) is 2.39. The van der Waals surface area contributed by atoms with E-state index in [1.165, 1.54) is 31.2 Å². The summed E-state index contributed by atoms with van der Waals surface area (Å²) in [4.78, 5) is 14.8. The Labute approximate surface area is 108 Å². The molecule has 0 aliphatic rings. The quantitative estimate of drug-likeness (QED) is 0.769. The number of carbonyl (C=O) groups is 1. The fourth-order valence-electron chi connectivity index (χ4n) is 1.72. The molecule has 1 aromatic heterocycles. The van der Waals surface area contributed by atoms with E-state index < -0.39 is 5.97 Å². The van der Waals surface area contributed by atoms with Gasteiger partial charge < -0.3 is 9.84 Å². The highest BCUT2D eigenvalue weighted by atomic mass is 16.5. The largest absolute Gasteiger partial charge is 0.478 e. The summed E-state index contributed by atoms with van der Waals surface area (Å²) >= 11 is 0. The van der Waals surface area contributed by atoms with Crippen molar-refractivity contribution >= 4 is 5.97 Å². The van der Waals surface area contributed by atoms with E-state index >= 15 is 0 Å². The Morgan fingerprint density at radius 3 is 2.89 bits per heavy atom. The summed E-state index contributed by atoms with van der Waals surface area (Å²) in [5, 5.41) is 8.87. The maximum atomic E-state index is 10.8. The molecule has 1 N–H and O–H groups in total. The van der Waals surface area contributed by atoms with Crippen LogP contribution in [0.1, 0.15) is 49.9 Å². The Morgan fingerprint density at radius 2 is 2.28 bits per heavy atom. The van der Waals surface area contributed by atoms with Gasteiger partial charge >= 0.3 is 5.97 Å². The second-order valence-corrected chi connectivity index (χ2v) is 4.42. The molecular formula is C14H21NO3. The number of rotatable bonds is 8. The van der Waals surface area contributed by atoms with Crippen LogP contribution in [-0.4, -0.2) is 22.7 Å². The molecule has 0 amide bonds. The van der Waals surface area contributed by atoms with Crippen molar-refractivity contribution in [2.24, 2.45) is 5.92 Å². The van der Waals surface area contributed by atoms with Gasteiger partial charge in [0.25, 0.3) is 0 Å². The minimum Gasteiger partial charge on any atom is -0.478 e. The molecule has 18 heavy (non-hydrogen) atoms. The summed E-state index contributed by atoms with van der Waals surface area (Å²) in [5.74, 6) is -0.0506. The first kappa shape index (κ1) is 14.5. The van der Waals surface area contributed by atoms with E-state index in [-0.39, 0.29) is 5.56 Å². The second kappa shape index (κ2) is 7.69. The summed E-state index contributed by atoms with van der Waals surface area (Å²) in [7, 11) is 0. The van der Waals surface area contributed by atoms with Crippen molar-refractivity contribution in [3.05, 3.63) is 23.9 Å². The molecule has 4 nitrogen and oxygen atoms in total. The lowest BCUT2D eigenvalue weighted by Crippen LogP contribution is -2.12. The van der Waals surface area contributed by atoms with E-state index in [9.17, 15) is 4.79 Å². The van der Waals surface area contributed by atoms with Crippen molar-refractivity contribution in [1.82, 2.24) is 4.98 Å². The first-order chi connectivity index (χ1) is 8.67. The third-order valence-electron chi connectivity index (χ3n) is 2.99. The lowest BCUT2D eigenvalue weighted by Gasteiger charge is -2.15. The minimum absolute atomic E-state index is 0.210. The Hall–Kier alpha value is -1.58. The van der Waals surface area contributed by atoms with Crippen molar-refractivity contribution in [2.75, 3.05) is 6.61 Å². The van der Waals surface area contributed by atoms with Gasteiger partial charge in [0.2, 0.25) is 5.88 Å². The summed E-state index contributed by atoms with van der Waals surface area (Å²) in [6.45, 7) is 4.92. The van der Waals surface area contributed by atoms with Gasteiger partial charge in [0.05, 0.1) is 12.2 Å². The molecule has 0 aromatic carbocycles. The number of hydrogen-bond donors (Lipinski definition) is 1. The van der Waals surface area contributed by atoms with Crippen LogP contribution in [0, 0.1) is 5.92 Å². The lowest BCUT2D eigenvalue weighted by molar-refractivity contribution is 0.0696. The highest BCUT2D eigenvalue weighted by Crippen LogP contribution is 2.15. The summed E-state index contributed by atoms with van der Waals surface area (Å²) in [5.41, 5.74) is 0.210. The molecule has 1 atom stereocenters. The maximum absolute atomic E-state index is 10.8. The van der Waals surface area contributed by atoms with Gasteiger partial charge in [-0.25, -0.2) is 9.78 Å². The third-order valence-corrected chi connectivity index (χ3v) is 2.99. The Balaban J connectivity index is 2.51. The predicted molar refractivity (Wildman–Crippen MR) is 70.0 cm³/mol. The highest BCUT2D eigenvalue weighted by Gasteiger charge is 2.09. The van der Waals surface area contributed by atoms with Gasteiger partial charge in [0, 0.05) is 12.3 Å². The second-order valence-electron chi connectivity index (χ2n) is 4.42. The number of unbranched alkanes of at least 4 members (excludes halogenated alkanes) is 1. The molecule has 1 unspecified atom stereocenters. The molecule has 0 aliphatic heterocycles. The van der Waals surface area contributed by atoms with Crippen LogP contribution in [0.2, 0.25) is 0 Å². The van der Waals surface area contributed by atoms with Gasteiger partial charge in [-0.2, -0.15) is 0 Å². The molecule has 1 heterocycles. The van der Waals surface area contributed by atoms with Gasteiger partial charge in [-0.1, -0.05) is 33.1 Å². The van der Waals surface area contributed by atoms with Gasteiger partial charge in [-0.15, -0.1) is 0 Å². The normalized spacial score (nSPS) is 12.1. The number of aromatic carboxylic acids is 1. The molecule has 1 rings (SSSR count). The fraction of sp³-hybridized carbons (Fsp3) is 0.571. The van der Waals surface area contributed by atoms with Crippen molar-refractivity contribution < 1.29 is 14.6 Å². The van der Waals surface area contributed by atoms with Gasteiger partial charge in [-0.05, 0) is 18.4 Å². The van der Waals surface area contributed by atoms with Crippen LogP contribution in [0.25, 0.3) is 0 Å². The predicted octanol–water partition coefficient (Wildman–Crippen LogP) is 3.38. The summed E-state index contributed by atoms with van der Waals surface area (Å²) < 4.78 is 5.57. The van der Waals surface area contributed by atoms with E-state index in [2.05, 4.69) is 18.8 Å². The van der Waals surface area contributed by atoms with E-state index in [4.69, 9.17) is 9.84 Å². The zero-order chi connectivity index (χ0) is 13.4. The molecule has 0 radical (unpaired) electrons. The van der Waals surface area contributed by atoms with Crippen molar-refractivity contribution in [3.63, 3.8) is 0 Å². The SMILES string of the molecule is CCCCC(CC)COc1cc(C(=O)O)ccn1. The summed E-state index contributed by atoms with van der Waals surface area (Å²) in [6, 6.07) is 2.93. The van der Waals surface area contributed by atoms with Gasteiger partial charge in [0.15, 0.2) is 0 Å². The fourth-order valence-corrected chi connectivity index (χ4v) is 1.72. The third kappa shape index (κ3) is 4.73. The smallest absolute Gasteiger partial charge is 0.335 e. The molecule has 4 heteroatoms. The first-order valence-electron chi connectivity index (χ1n) is 6.49. The number of aromatic nitrogens is 1. The van der Waals surface area contributed by atoms with Crippen LogP contribution in [0.3, 0.4) is 0 Å². The molecule has 100 valence electrons. The van der Waals surface area contributed by atoms with Crippen LogP contribution in [0.5, 0.6) is 5.88 Å². The minimum atomic E-state index is -0.958.